The summed E-state index contributed by atoms with van der Waals surface area (Å²) in [5, 5.41) is 6.35. The van der Waals surface area contributed by atoms with E-state index in [1.807, 2.05) is 6.26 Å². The number of ether oxygens (including phenoxy) is 1. The Morgan fingerprint density at radius 3 is 2.65 bits per heavy atom. The van der Waals surface area contributed by atoms with Crippen molar-refractivity contribution in [1.82, 2.24) is 10.6 Å². The van der Waals surface area contributed by atoms with E-state index in [9.17, 15) is 4.79 Å². The predicted molar refractivity (Wildman–Crippen MR) is 75.1 cm³/mol. The van der Waals surface area contributed by atoms with Gasteiger partial charge in [-0.3, -0.25) is 4.79 Å². The number of carbonyl (C=O) groups is 1. The third-order valence-corrected chi connectivity index (χ3v) is 3.60. The lowest BCUT2D eigenvalue weighted by atomic mass is 9.79. The van der Waals surface area contributed by atoms with E-state index in [1.165, 1.54) is 0 Å². The summed E-state index contributed by atoms with van der Waals surface area (Å²) in [6.45, 7) is 3.50. The number of rotatable bonds is 6. The van der Waals surface area contributed by atoms with Crippen molar-refractivity contribution in [1.29, 1.82) is 0 Å². The minimum Gasteiger partial charge on any atom is -0.384 e. The Bertz CT molecular complexity index is 218. The Labute approximate surface area is 114 Å². The molecule has 0 unspecified atom stereocenters. The summed E-state index contributed by atoms with van der Waals surface area (Å²) in [5.74, 6) is 0.669. The van der Waals surface area contributed by atoms with Gasteiger partial charge >= 0.3 is 0 Å². The highest BCUT2D eigenvalue weighted by Gasteiger charge is 2.32. The summed E-state index contributed by atoms with van der Waals surface area (Å²) in [5.41, 5.74) is 0.133. The molecular weight excluding hydrogens is 260 g/mol. The molecule has 0 aliphatic carbocycles. The van der Waals surface area contributed by atoms with Gasteiger partial charge in [-0.25, -0.2) is 0 Å². The summed E-state index contributed by atoms with van der Waals surface area (Å²) >= 11 is 1.55. The molecule has 1 saturated heterocycles. The highest BCUT2D eigenvalue weighted by Crippen LogP contribution is 2.28. The average molecular weight is 283 g/mol. The van der Waals surface area contributed by atoms with Crippen molar-refractivity contribution in [3.05, 3.63) is 0 Å². The van der Waals surface area contributed by atoms with Crippen molar-refractivity contribution >= 4 is 30.1 Å². The van der Waals surface area contributed by atoms with Crippen molar-refractivity contribution < 1.29 is 9.53 Å². The third kappa shape index (κ3) is 5.95. The number of halogens is 1. The van der Waals surface area contributed by atoms with Crippen LogP contribution in [0.4, 0.5) is 0 Å². The van der Waals surface area contributed by atoms with Crippen LogP contribution in [0.25, 0.3) is 0 Å². The van der Waals surface area contributed by atoms with Gasteiger partial charge in [0, 0.05) is 19.1 Å². The summed E-state index contributed by atoms with van der Waals surface area (Å²) in [4.78, 5) is 11.4. The fraction of sp³-hybridized carbons (Fsp3) is 0.909. The van der Waals surface area contributed by atoms with Crippen molar-refractivity contribution in [2.75, 3.05) is 45.4 Å². The second-order valence-electron chi connectivity index (χ2n) is 4.39. The first-order valence-corrected chi connectivity index (χ1v) is 7.07. The number of hydrogen-bond acceptors (Lipinski definition) is 4. The number of piperidine rings is 1. The first kappa shape index (κ1) is 17.0. The van der Waals surface area contributed by atoms with Gasteiger partial charge in [0.1, 0.15) is 0 Å². The SMILES string of the molecule is COCC1(CNC(=O)CSC)CCNCC1.Cl. The molecule has 0 spiro atoms. The molecule has 0 aromatic rings. The lowest BCUT2D eigenvalue weighted by Gasteiger charge is -2.37. The van der Waals surface area contributed by atoms with Gasteiger partial charge in [0.25, 0.3) is 0 Å². The molecule has 6 heteroatoms. The largest absolute Gasteiger partial charge is 0.384 e. The number of thioether (sulfide) groups is 1. The molecule has 1 fully saturated rings. The van der Waals surface area contributed by atoms with Crippen LogP contribution >= 0.6 is 24.2 Å². The van der Waals surface area contributed by atoms with Crippen LogP contribution in [-0.2, 0) is 9.53 Å². The van der Waals surface area contributed by atoms with E-state index in [2.05, 4.69) is 10.6 Å². The first-order valence-electron chi connectivity index (χ1n) is 5.68. The van der Waals surface area contributed by atoms with E-state index in [0.717, 1.165) is 39.1 Å². The van der Waals surface area contributed by atoms with Gasteiger partial charge in [-0.2, -0.15) is 11.8 Å². The molecule has 1 aliphatic rings. The topological polar surface area (TPSA) is 50.4 Å². The van der Waals surface area contributed by atoms with Gasteiger partial charge in [-0.05, 0) is 32.2 Å². The Morgan fingerprint density at radius 2 is 2.12 bits per heavy atom. The summed E-state index contributed by atoms with van der Waals surface area (Å²) in [6, 6.07) is 0. The number of nitrogens with one attached hydrogen (secondary N) is 2. The summed E-state index contributed by atoms with van der Waals surface area (Å²) in [7, 11) is 1.73. The highest BCUT2D eigenvalue weighted by atomic mass is 35.5. The van der Waals surface area contributed by atoms with Crippen LogP contribution < -0.4 is 10.6 Å². The van der Waals surface area contributed by atoms with Crippen LogP contribution in [0.5, 0.6) is 0 Å². The van der Waals surface area contributed by atoms with Gasteiger partial charge in [-0.15, -0.1) is 12.4 Å². The van der Waals surface area contributed by atoms with Crippen LogP contribution in [0, 0.1) is 5.41 Å². The standard InChI is InChI=1S/C11H22N2O2S.ClH/c1-15-9-11(3-5-12-6-4-11)8-13-10(14)7-16-2;/h12H,3-9H2,1-2H3,(H,13,14);1H. The summed E-state index contributed by atoms with van der Waals surface area (Å²) in [6.07, 6.45) is 4.08. The molecule has 0 aromatic carbocycles. The smallest absolute Gasteiger partial charge is 0.230 e. The van der Waals surface area contributed by atoms with E-state index in [0.29, 0.717) is 5.75 Å². The number of hydrogen-bond donors (Lipinski definition) is 2. The maximum absolute atomic E-state index is 11.4. The van der Waals surface area contributed by atoms with Gasteiger partial charge in [0.15, 0.2) is 0 Å². The van der Waals surface area contributed by atoms with Crippen molar-refractivity contribution in [3.63, 3.8) is 0 Å². The molecule has 1 aliphatic heterocycles. The normalized spacial score (nSPS) is 18.2. The Hall–Kier alpha value is 0.0300. The van der Waals surface area contributed by atoms with Gasteiger partial charge in [0.2, 0.25) is 5.91 Å². The summed E-state index contributed by atoms with van der Waals surface area (Å²) < 4.78 is 5.29. The van der Waals surface area contributed by atoms with E-state index >= 15 is 0 Å². The van der Waals surface area contributed by atoms with Crippen LogP contribution in [0.1, 0.15) is 12.8 Å². The molecule has 2 N–H and O–H groups in total. The fourth-order valence-corrected chi connectivity index (χ4v) is 2.47. The van der Waals surface area contributed by atoms with Crippen LogP contribution in [-0.4, -0.2) is 51.3 Å². The van der Waals surface area contributed by atoms with Gasteiger partial charge in [-0.1, -0.05) is 0 Å². The molecule has 1 heterocycles. The van der Waals surface area contributed by atoms with Crippen LogP contribution in [0.3, 0.4) is 0 Å². The Morgan fingerprint density at radius 1 is 1.47 bits per heavy atom. The predicted octanol–water partition coefficient (Wildman–Crippen LogP) is 0.904. The van der Waals surface area contributed by atoms with Crippen LogP contribution in [0.2, 0.25) is 0 Å². The lowest BCUT2D eigenvalue weighted by Crippen LogP contribution is -2.47. The van der Waals surface area contributed by atoms with Crippen molar-refractivity contribution in [2.45, 2.75) is 12.8 Å². The van der Waals surface area contributed by atoms with E-state index in [-0.39, 0.29) is 23.7 Å². The molecule has 17 heavy (non-hydrogen) atoms. The second-order valence-corrected chi connectivity index (χ2v) is 5.26. The molecule has 0 aromatic heterocycles. The fourth-order valence-electron chi connectivity index (χ4n) is 2.10. The third-order valence-electron chi connectivity index (χ3n) is 3.05. The molecule has 4 nitrogen and oxygen atoms in total. The van der Waals surface area contributed by atoms with E-state index in [1.54, 1.807) is 18.9 Å². The molecule has 1 amide bonds. The van der Waals surface area contributed by atoms with Crippen molar-refractivity contribution in [3.8, 4) is 0 Å². The van der Waals surface area contributed by atoms with Gasteiger partial charge < -0.3 is 15.4 Å². The van der Waals surface area contributed by atoms with E-state index < -0.39 is 0 Å². The average Bonchev–Trinajstić information content (AvgIpc) is 2.29. The maximum atomic E-state index is 11.4. The zero-order valence-electron chi connectivity index (χ0n) is 10.6. The molecule has 0 radical (unpaired) electrons. The zero-order valence-corrected chi connectivity index (χ0v) is 12.2. The number of carbonyl (C=O) groups excluding carboxylic acids is 1. The quantitative estimate of drug-likeness (QED) is 0.760. The van der Waals surface area contributed by atoms with Crippen molar-refractivity contribution in [2.24, 2.45) is 5.41 Å². The molecule has 0 atom stereocenters. The minimum absolute atomic E-state index is 0. The Balaban J connectivity index is 0.00000256. The Kier molecular flexibility index (Phi) is 9.04. The van der Waals surface area contributed by atoms with Gasteiger partial charge in [0.05, 0.1) is 12.4 Å². The maximum Gasteiger partial charge on any atom is 0.230 e. The molecule has 1 rings (SSSR count). The second kappa shape index (κ2) is 9.03. The molecule has 0 saturated carbocycles. The number of methoxy groups -OCH3 is 1. The first-order chi connectivity index (χ1) is 7.72. The highest BCUT2D eigenvalue weighted by molar-refractivity contribution is 7.99. The van der Waals surface area contributed by atoms with Crippen LogP contribution in [0.15, 0.2) is 0 Å². The number of amides is 1. The molecule has 102 valence electrons. The molecule has 0 bridgehead atoms. The minimum atomic E-state index is 0. The van der Waals surface area contributed by atoms with E-state index in [4.69, 9.17) is 4.74 Å². The lowest BCUT2D eigenvalue weighted by molar-refractivity contribution is -0.119. The molecular formula is C11H23ClN2O2S. The monoisotopic (exact) mass is 282 g/mol. The zero-order chi connectivity index (χ0) is 11.9.